The number of hydrogen-bond donors (Lipinski definition) is 1. The summed E-state index contributed by atoms with van der Waals surface area (Å²) in [5.74, 6) is 0.735. The Kier molecular flexibility index (Phi) is 3.12. The highest BCUT2D eigenvalue weighted by Gasteiger charge is 2.13. The Hall–Kier alpha value is -2.44. The molecule has 0 unspecified atom stereocenters. The van der Waals surface area contributed by atoms with E-state index >= 15 is 0 Å². The molecule has 0 atom stereocenters. The summed E-state index contributed by atoms with van der Waals surface area (Å²) >= 11 is 0. The Labute approximate surface area is 120 Å². The van der Waals surface area contributed by atoms with Crippen LogP contribution in [0.2, 0.25) is 0 Å². The predicted molar refractivity (Wildman–Crippen MR) is 76.9 cm³/mol. The van der Waals surface area contributed by atoms with Crippen molar-refractivity contribution < 1.29 is 22.2 Å². The number of carbonyl (C=O) groups excluding carboxylic acids is 1. The van der Waals surface area contributed by atoms with Gasteiger partial charge in [-0.05, 0) is 35.0 Å². The summed E-state index contributed by atoms with van der Waals surface area (Å²) in [4.78, 5) is 10.5. The average Bonchev–Trinajstić information content (AvgIpc) is 2.94. The van der Waals surface area contributed by atoms with E-state index in [9.17, 15) is 13.2 Å². The molecule has 0 radical (unpaired) electrons. The first kappa shape index (κ1) is 13.5. The monoisotopic (exact) mass is 302 g/mol. The van der Waals surface area contributed by atoms with Crippen molar-refractivity contribution in [1.82, 2.24) is 0 Å². The summed E-state index contributed by atoms with van der Waals surface area (Å²) in [5.41, 5.74) is 0.738. The largest absolute Gasteiger partial charge is 0.453 e. The molecule has 0 saturated heterocycles. The van der Waals surface area contributed by atoms with Gasteiger partial charge in [0.2, 0.25) is 0 Å². The smallest absolute Gasteiger partial charge is 0.294 e. The molecule has 0 spiro atoms. The molecule has 0 amide bonds. The number of fused-ring (bicyclic) bond motifs is 1. The number of furan rings is 1. The van der Waals surface area contributed by atoms with Gasteiger partial charge in [-0.15, -0.1) is 0 Å². The van der Waals surface area contributed by atoms with Gasteiger partial charge in [0.25, 0.3) is 10.1 Å². The molecular weight excluding hydrogens is 292 g/mol. The van der Waals surface area contributed by atoms with Crippen molar-refractivity contribution in [3.63, 3.8) is 0 Å². The molecule has 0 fully saturated rings. The first-order chi connectivity index (χ1) is 9.99. The van der Waals surface area contributed by atoms with Gasteiger partial charge in [-0.25, -0.2) is 0 Å². The van der Waals surface area contributed by atoms with Crippen molar-refractivity contribution in [3.05, 3.63) is 54.3 Å². The van der Waals surface area contributed by atoms with E-state index in [0.717, 1.165) is 10.9 Å². The van der Waals surface area contributed by atoms with Crippen LogP contribution in [0.15, 0.2) is 57.8 Å². The van der Waals surface area contributed by atoms with Gasteiger partial charge in [0.15, 0.2) is 12.0 Å². The summed E-state index contributed by atoms with van der Waals surface area (Å²) in [7, 11) is -4.24. The molecule has 6 heteroatoms. The molecule has 1 N–H and O–H groups in total. The summed E-state index contributed by atoms with van der Waals surface area (Å²) < 4.78 is 36.8. The summed E-state index contributed by atoms with van der Waals surface area (Å²) in [5, 5.41) is 1.41. The van der Waals surface area contributed by atoms with E-state index in [1.807, 2.05) is 6.07 Å². The van der Waals surface area contributed by atoms with Gasteiger partial charge in [-0.1, -0.05) is 24.3 Å². The van der Waals surface area contributed by atoms with Crippen LogP contribution in [-0.2, 0) is 10.1 Å². The molecular formula is C15H10O5S. The van der Waals surface area contributed by atoms with Crippen LogP contribution < -0.4 is 0 Å². The first-order valence-electron chi connectivity index (χ1n) is 6.05. The molecule has 1 heterocycles. The lowest BCUT2D eigenvalue weighted by Gasteiger charge is -2.05. The highest BCUT2D eigenvalue weighted by atomic mass is 32.2. The molecule has 5 nitrogen and oxygen atoms in total. The third-order valence-electron chi connectivity index (χ3n) is 3.16. The van der Waals surface area contributed by atoms with Gasteiger partial charge in [-0.3, -0.25) is 9.35 Å². The Balaban J connectivity index is 2.23. The van der Waals surface area contributed by atoms with Crippen LogP contribution in [0.1, 0.15) is 10.6 Å². The number of carbonyl (C=O) groups is 1. The van der Waals surface area contributed by atoms with Crippen molar-refractivity contribution >= 4 is 27.2 Å². The highest BCUT2D eigenvalue weighted by molar-refractivity contribution is 7.85. The standard InChI is InChI=1S/C15H10O5S/c16-9-11-4-7-15(20-11)14-3-1-2-10-8-12(21(17,18)19)5-6-13(10)14/h1-9H,(H,17,18,19). The van der Waals surface area contributed by atoms with Gasteiger partial charge in [0.05, 0.1) is 4.90 Å². The number of rotatable bonds is 3. The maximum absolute atomic E-state index is 11.2. The minimum atomic E-state index is -4.24. The lowest BCUT2D eigenvalue weighted by Crippen LogP contribution is -1.97. The van der Waals surface area contributed by atoms with Crippen molar-refractivity contribution in [2.75, 3.05) is 0 Å². The second-order valence-electron chi connectivity index (χ2n) is 4.48. The molecule has 3 rings (SSSR count). The Morgan fingerprint density at radius 2 is 1.86 bits per heavy atom. The second kappa shape index (κ2) is 4.83. The summed E-state index contributed by atoms with van der Waals surface area (Å²) in [6.07, 6.45) is 0.616. The van der Waals surface area contributed by atoms with Crippen molar-refractivity contribution in [2.24, 2.45) is 0 Å². The van der Waals surface area contributed by atoms with Crippen molar-refractivity contribution in [3.8, 4) is 11.3 Å². The lowest BCUT2D eigenvalue weighted by molar-refractivity contribution is 0.110. The quantitative estimate of drug-likeness (QED) is 0.593. The van der Waals surface area contributed by atoms with E-state index in [1.165, 1.54) is 12.1 Å². The molecule has 0 aliphatic heterocycles. The number of aldehydes is 1. The highest BCUT2D eigenvalue weighted by Crippen LogP contribution is 2.31. The SMILES string of the molecule is O=Cc1ccc(-c2cccc3cc(S(=O)(=O)O)ccc23)o1. The first-order valence-corrected chi connectivity index (χ1v) is 7.49. The van der Waals surface area contributed by atoms with Crippen LogP contribution >= 0.6 is 0 Å². The number of benzene rings is 2. The van der Waals surface area contributed by atoms with Crippen LogP contribution in [0.5, 0.6) is 0 Å². The Bertz CT molecular complexity index is 938. The maximum Gasteiger partial charge on any atom is 0.294 e. The zero-order valence-corrected chi connectivity index (χ0v) is 11.5. The normalized spacial score (nSPS) is 11.7. The van der Waals surface area contributed by atoms with Gasteiger partial charge >= 0.3 is 0 Å². The van der Waals surface area contributed by atoms with E-state index in [-0.39, 0.29) is 10.7 Å². The van der Waals surface area contributed by atoms with E-state index in [1.54, 1.807) is 30.3 Å². The maximum atomic E-state index is 11.2. The van der Waals surface area contributed by atoms with Crippen LogP contribution in [-0.4, -0.2) is 19.3 Å². The number of hydrogen-bond acceptors (Lipinski definition) is 4. The molecule has 106 valence electrons. The van der Waals surface area contributed by atoms with Crippen LogP contribution in [0.25, 0.3) is 22.1 Å². The topological polar surface area (TPSA) is 84.6 Å². The zero-order chi connectivity index (χ0) is 15.0. The van der Waals surface area contributed by atoms with E-state index < -0.39 is 10.1 Å². The van der Waals surface area contributed by atoms with Crippen LogP contribution in [0, 0.1) is 0 Å². The lowest BCUT2D eigenvalue weighted by atomic mass is 10.0. The van der Waals surface area contributed by atoms with Gasteiger partial charge < -0.3 is 4.42 Å². The molecule has 0 saturated carbocycles. The predicted octanol–water partition coefficient (Wildman–Crippen LogP) is 3.16. The van der Waals surface area contributed by atoms with Crippen LogP contribution in [0.3, 0.4) is 0 Å². The zero-order valence-electron chi connectivity index (χ0n) is 10.7. The Morgan fingerprint density at radius 1 is 1.05 bits per heavy atom. The second-order valence-corrected chi connectivity index (χ2v) is 5.90. The van der Waals surface area contributed by atoms with Gasteiger partial charge in [0, 0.05) is 5.56 Å². The third-order valence-corrected chi connectivity index (χ3v) is 4.01. The van der Waals surface area contributed by atoms with Gasteiger partial charge in [-0.2, -0.15) is 8.42 Å². The molecule has 2 aromatic carbocycles. The minimum Gasteiger partial charge on any atom is -0.453 e. The fourth-order valence-corrected chi connectivity index (χ4v) is 2.71. The van der Waals surface area contributed by atoms with E-state index in [4.69, 9.17) is 8.97 Å². The molecule has 0 aliphatic rings. The fourth-order valence-electron chi connectivity index (χ4n) is 2.20. The summed E-state index contributed by atoms with van der Waals surface area (Å²) in [6.45, 7) is 0. The van der Waals surface area contributed by atoms with Crippen LogP contribution in [0.4, 0.5) is 0 Å². The van der Waals surface area contributed by atoms with Crippen molar-refractivity contribution in [1.29, 1.82) is 0 Å². The average molecular weight is 302 g/mol. The fraction of sp³-hybridized carbons (Fsp3) is 0. The molecule has 0 bridgehead atoms. The van der Waals surface area contributed by atoms with E-state index in [0.29, 0.717) is 17.4 Å². The van der Waals surface area contributed by atoms with Crippen molar-refractivity contribution in [2.45, 2.75) is 4.90 Å². The molecule has 3 aromatic rings. The molecule has 0 aliphatic carbocycles. The van der Waals surface area contributed by atoms with Gasteiger partial charge in [0.1, 0.15) is 5.76 Å². The minimum absolute atomic E-state index is 0.167. The molecule has 21 heavy (non-hydrogen) atoms. The van der Waals surface area contributed by atoms with E-state index in [2.05, 4.69) is 0 Å². The Morgan fingerprint density at radius 3 is 2.52 bits per heavy atom. The third kappa shape index (κ3) is 2.46. The molecule has 1 aromatic heterocycles. The summed E-state index contributed by atoms with van der Waals surface area (Å²) in [6, 6.07) is 12.8.